The molecule has 122 valence electrons. The Kier molecular flexibility index (Phi) is 8.37. The Morgan fingerprint density at radius 2 is 1.96 bits per heavy atom. The molecule has 0 fully saturated rings. The Morgan fingerprint density at radius 3 is 2.74 bits per heavy atom. The molecule has 0 aliphatic carbocycles. The quantitative estimate of drug-likeness (QED) is 0.198. The second-order valence-corrected chi connectivity index (χ2v) is 4.19. The van der Waals surface area contributed by atoms with Gasteiger partial charge < -0.3 is 27.2 Å². The number of pyridine rings is 2. The van der Waals surface area contributed by atoms with Gasteiger partial charge in [-0.3, -0.25) is 0 Å². The fraction of sp³-hybridized carbons (Fsp3) is 0.214. The maximum absolute atomic E-state index is 9.14. The molecule has 0 unspecified atom stereocenters. The minimum atomic E-state index is -0.179. The highest BCUT2D eigenvalue weighted by Crippen LogP contribution is 2.02. The third-order valence-corrected chi connectivity index (χ3v) is 2.75. The predicted octanol–water partition coefficient (Wildman–Crippen LogP) is -2.65. The zero-order valence-corrected chi connectivity index (χ0v) is 13.0. The van der Waals surface area contributed by atoms with Crippen LogP contribution in [0.15, 0.2) is 69.2 Å². The average molecular weight is 337 g/mol. The Morgan fingerprint density at radius 1 is 1.13 bits per heavy atom. The number of rotatable bonds is 6. The summed E-state index contributed by atoms with van der Waals surface area (Å²) in [5.41, 5.74) is 0.605. The average Bonchev–Trinajstić information content (AvgIpc) is 2.56. The summed E-state index contributed by atoms with van der Waals surface area (Å²) < 4.78 is 3.30. The Labute approximate surface area is 139 Å². The van der Waals surface area contributed by atoms with Gasteiger partial charge in [-0.15, -0.1) is 10.2 Å². The van der Waals surface area contributed by atoms with Crippen LogP contribution in [0.5, 0.6) is 0 Å². The minimum Gasteiger partial charge on any atom is -1.00 e. The molecular formula is C14H17ClN6O2. The van der Waals surface area contributed by atoms with Crippen molar-refractivity contribution in [2.24, 2.45) is 20.4 Å². The fourth-order valence-electron chi connectivity index (χ4n) is 1.73. The van der Waals surface area contributed by atoms with Crippen LogP contribution < -0.4 is 22.5 Å². The van der Waals surface area contributed by atoms with Crippen LogP contribution in [-0.2, 0) is 13.3 Å². The summed E-state index contributed by atoms with van der Waals surface area (Å²) in [4.78, 5) is 0. The van der Waals surface area contributed by atoms with Crippen molar-refractivity contribution in [1.82, 2.24) is 4.57 Å². The van der Waals surface area contributed by atoms with E-state index < -0.39 is 0 Å². The van der Waals surface area contributed by atoms with Crippen LogP contribution in [0, 0.1) is 0 Å². The number of hydrogen-bond acceptors (Lipinski definition) is 5. The number of aliphatic hydroxyl groups excluding tert-OH is 2. The van der Waals surface area contributed by atoms with Crippen LogP contribution in [0.4, 0.5) is 5.82 Å². The molecule has 9 heteroatoms. The Bertz CT molecular complexity index is 729. The Hall–Kier alpha value is -2.42. The summed E-state index contributed by atoms with van der Waals surface area (Å²) in [7, 11) is 0. The SMILES string of the molecule is OCCn1ccccc1=NN=CN=Nc1cccc[n+]1CO.[Cl-]. The summed E-state index contributed by atoms with van der Waals surface area (Å²) in [6, 6.07) is 10.8. The second-order valence-electron chi connectivity index (χ2n) is 4.19. The van der Waals surface area contributed by atoms with Gasteiger partial charge in [-0.2, -0.15) is 0 Å². The van der Waals surface area contributed by atoms with Gasteiger partial charge in [0.05, 0.1) is 17.9 Å². The van der Waals surface area contributed by atoms with Crippen LogP contribution in [0.3, 0.4) is 0 Å². The largest absolute Gasteiger partial charge is 1.00 e. The number of aromatic nitrogens is 2. The first-order valence-electron chi connectivity index (χ1n) is 6.67. The molecule has 8 nitrogen and oxygen atoms in total. The molecule has 2 heterocycles. The lowest BCUT2D eigenvalue weighted by atomic mass is 10.4. The van der Waals surface area contributed by atoms with Crippen molar-refractivity contribution in [3.8, 4) is 0 Å². The third kappa shape index (κ3) is 5.70. The highest BCUT2D eigenvalue weighted by Gasteiger charge is 2.05. The minimum absolute atomic E-state index is 0. The summed E-state index contributed by atoms with van der Waals surface area (Å²) in [5, 5.41) is 33.7. The molecule has 2 aromatic rings. The fourth-order valence-corrected chi connectivity index (χ4v) is 1.73. The summed E-state index contributed by atoms with van der Waals surface area (Å²) in [5.74, 6) is 0.506. The molecule has 0 aromatic carbocycles. The van der Waals surface area contributed by atoms with Crippen LogP contribution in [0.25, 0.3) is 0 Å². The van der Waals surface area contributed by atoms with Gasteiger partial charge >= 0.3 is 5.82 Å². The number of halogens is 1. The molecule has 2 rings (SSSR count). The van der Waals surface area contributed by atoms with Crippen molar-refractivity contribution >= 4 is 12.2 Å². The molecule has 0 radical (unpaired) electrons. The van der Waals surface area contributed by atoms with Crippen molar-refractivity contribution in [3.05, 3.63) is 54.3 Å². The van der Waals surface area contributed by atoms with Crippen molar-refractivity contribution in [2.45, 2.75) is 13.3 Å². The first-order chi connectivity index (χ1) is 10.8. The number of aliphatic hydroxyl groups is 2. The normalized spacial score (nSPS) is 12.0. The van der Waals surface area contributed by atoms with Crippen molar-refractivity contribution in [2.75, 3.05) is 6.61 Å². The lowest BCUT2D eigenvalue weighted by Crippen LogP contribution is -3.00. The highest BCUT2D eigenvalue weighted by molar-refractivity contribution is 5.54. The molecule has 0 aliphatic rings. The van der Waals surface area contributed by atoms with Crippen molar-refractivity contribution in [1.29, 1.82) is 0 Å². The molecular weight excluding hydrogens is 320 g/mol. The standard InChI is InChI=1S/C14H17N6O2.ClH/c21-10-9-19-7-3-1-5-13(19)17-15-11-16-18-14-6-2-4-8-20(14)12-22;/h1-8,11,21-22H,9-10,12H2;1H/q+1;/p-1. The Balaban J connectivity index is 0.00000264. The van der Waals surface area contributed by atoms with Gasteiger partial charge in [0.15, 0.2) is 18.6 Å². The molecule has 0 bridgehead atoms. The first kappa shape index (κ1) is 18.6. The van der Waals surface area contributed by atoms with E-state index in [1.54, 1.807) is 41.2 Å². The topological polar surface area (TPSA) is 98.7 Å². The number of nitrogens with zero attached hydrogens (tertiary/aromatic N) is 6. The molecule has 0 spiro atoms. The molecule has 0 amide bonds. The molecule has 0 saturated carbocycles. The summed E-state index contributed by atoms with van der Waals surface area (Å²) in [6.07, 6.45) is 4.71. The van der Waals surface area contributed by atoms with Crippen molar-refractivity contribution in [3.63, 3.8) is 0 Å². The lowest BCUT2D eigenvalue weighted by Gasteiger charge is -2.02. The van der Waals surface area contributed by atoms with E-state index in [-0.39, 0.29) is 25.7 Å². The molecule has 2 aromatic heterocycles. The van der Waals surface area contributed by atoms with Gasteiger partial charge in [-0.05, 0) is 23.3 Å². The van der Waals surface area contributed by atoms with Gasteiger partial charge in [-0.1, -0.05) is 12.1 Å². The van der Waals surface area contributed by atoms with E-state index in [9.17, 15) is 0 Å². The van der Waals surface area contributed by atoms with E-state index in [0.29, 0.717) is 17.9 Å². The van der Waals surface area contributed by atoms with E-state index >= 15 is 0 Å². The molecule has 0 atom stereocenters. The van der Waals surface area contributed by atoms with Crippen LogP contribution >= 0.6 is 0 Å². The third-order valence-electron chi connectivity index (χ3n) is 2.75. The molecule has 0 saturated heterocycles. The zero-order chi connectivity index (χ0) is 15.6. The molecule has 23 heavy (non-hydrogen) atoms. The maximum Gasteiger partial charge on any atom is 0.352 e. The van der Waals surface area contributed by atoms with Gasteiger partial charge in [0.2, 0.25) is 0 Å². The van der Waals surface area contributed by atoms with Gasteiger partial charge in [-0.25, -0.2) is 4.57 Å². The van der Waals surface area contributed by atoms with E-state index in [2.05, 4.69) is 20.4 Å². The van der Waals surface area contributed by atoms with Crippen LogP contribution in [0.2, 0.25) is 0 Å². The van der Waals surface area contributed by atoms with E-state index in [1.165, 1.54) is 10.9 Å². The number of hydrogen-bond donors (Lipinski definition) is 2. The first-order valence-corrected chi connectivity index (χ1v) is 6.67. The smallest absolute Gasteiger partial charge is 0.352 e. The second kappa shape index (κ2) is 10.3. The van der Waals surface area contributed by atoms with Gasteiger partial charge in [0, 0.05) is 18.8 Å². The lowest BCUT2D eigenvalue weighted by molar-refractivity contribution is -0.718. The monoisotopic (exact) mass is 336 g/mol. The summed E-state index contributed by atoms with van der Waals surface area (Å²) >= 11 is 0. The van der Waals surface area contributed by atoms with E-state index in [4.69, 9.17) is 10.2 Å². The zero-order valence-electron chi connectivity index (χ0n) is 12.3. The molecule has 2 N–H and O–H groups in total. The van der Waals surface area contributed by atoms with Crippen LogP contribution in [0.1, 0.15) is 0 Å². The van der Waals surface area contributed by atoms with Gasteiger partial charge in [0.1, 0.15) is 0 Å². The van der Waals surface area contributed by atoms with Crippen molar-refractivity contribution < 1.29 is 27.2 Å². The molecule has 0 aliphatic heterocycles. The maximum atomic E-state index is 9.14. The van der Waals surface area contributed by atoms with E-state index in [0.717, 1.165) is 0 Å². The summed E-state index contributed by atoms with van der Waals surface area (Å²) in [6.45, 7) is 0.287. The van der Waals surface area contributed by atoms with E-state index in [1.807, 2.05) is 12.1 Å². The predicted molar refractivity (Wildman–Crippen MR) is 78.9 cm³/mol. The number of azo groups is 1. The van der Waals surface area contributed by atoms with Crippen LogP contribution in [-0.4, -0.2) is 27.7 Å². The van der Waals surface area contributed by atoms with Gasteiger partial charge in [0.25, 0.3) is 0 Å². The highest BCUT2D eigenvalue weighted by atomic mass is 35.5.